The molecule has 2 atom stereocenters. The quantitative estimate of drug-likeness (QED) is 0.398. The molecule has 1 aromatic carbocycles. The van der Waals surface area contributed by atoms with Crippen LogP contribution in [-0.2, 0) is 17.9 Å². The van der Waals surface area contributed by atoms with Crippen molar-refractivity contribution < 1.29 is 9.53 Å². The fourth-order valence-electron chi connectivity index (χ4n) is 3.70. The molecular formula is C24H21ClN6O2. The van der Waals surface area contributed by atoms with Gasteiger partial charge < -0.3 is 10.1 Å². The SMILES string of the molecule is O=C(Nc1cc(OCc2ccc(Cn3cccn3)cc2)cnn1)[C@H]1C[C@@H]1c1cccnc1Cl. The van der Waals surface area contributed by atoms with Crippen LogP contribution in [0.4, 0.5) is 5.82 Å². The summed E-state index contributed by atoms with van der Waals surface area (Å²) in [6, 6.07) is 15.5. The van der Waals surface area contributed by atoms with E-state index in [-0.39, 0.29) is 17.7 Å². The summed E-state index contributed by atoms with van der Waals surface area (Å²) in [5.41, 5.74) is 3.08. The summed E-state index contributed by atoms with van der Waals surface area (Å²) in [5, 5.41) is 15.4. The Morgan fingerprint density at radius 3 is 2.79 bits per heavy atom. The summed E-state index contributed by atoms with van der Waals surface area (Å²) in [6.07, 6.45) is 7.59. The third-order valence-electron chi connectivity index (χ3n) is 5.53. The number of aromatic nitrogens is 5. The van der Waals surface area contributed by atoms with Crippen molar-refractivity contribution in [3.63, 3.8) is 0 Å². The predicted octanol–water partition coefficient (Wildman–Crippen LogP) is 4.09. The molecule has 1 N–H and O–H groups in total. The highest BCUT2D eigenvalue weighted by molar-refractivity contribution is 6.30. The summed E-state index contributed by atoms with van der Waals surface area (Å²) in [7, 11) is 0. The second-order valence-electron chi connectivity index (χ2n) is 7.91. The predicted molar refractivity (Wildman–Crippen MR) is 123 cm³/mol. The molecule has 3 aromatic heterocycles. The number of halogens is 1. The molecule has 0 aliphatic heterocycles. The van der Waals surface area contributed by atoms with Crippen LogP contribution in [0.5, 0.6) is 5.75 Å². The van der Waals surface area contributed by atoms with Crippen LogP contribution in [0.15, 0.2) is 73.3 Å². The summed E-state index contributed by atoms with van der Waals surface area (Å²) < 4.78 is 7.72. The molecule has 9 heteroatoms. The lowest BCUT2D eigenvalue weighted by Gasteiger charge is -2.09. The second kappa shape index (κ2) is 9.38. The Kier molecular flexibility index (Phi) is 5.99. The molecule has 3 heterocycles. The standard InChI is InChI=1S/C24H21ClN6O2/c25-23-19(3-1-8-26-23)20-12-21(20)24(32)29-22-11-18(13-27-30-22)33-15-17-6-4-16(5-7-17)14-31-10-2-9-28-31/h1-11,13,20-21H,12,14-15H2,(H,29,30,32)/t20-,21+/m1/s1. The van der Waals surface area contributed by atoms with Gasteiger partial charge in [0.2, 0.25) is 5.91 Å². The molecule has 1 saturated carbocycles. The van der Waals surface area contributed by atoms with Crippen molar-refractivity contribution in [1.82, 2.24) is 25.0 Å². The van der Waals surface area contributed by atoms with E-state index < -0.39 is 0 Å². The van der Waals surface area contributed by atoms with Gasteiger partial charge in [0.25, 0.3) is 0 Å². The molecule has 33 heavy (non-hydrogen) atoms. The smallest absolute Gasteiger partial charge is 0.229 e. The Labute approximate surface area is 195 Å². The number of carbonyl (C=O) groups excluding carboxylic acids is 1. The molecule has 8 nitrogen and oxygen atoms in total. The second-order valence-corrected chi connectivity index (χ2v) is 8.26. The first-order valence-electron chi connectivity index (χ1n) is 10.6. The molecule has 0 bridgehead atoms. The van der Waals surface area contributed by atoms with Crippen molar-refractivity contribution >= 4 is 23.3 Å². The van der Waals surface area contributed by atoms with Crippen LogP contribution in [-0.4, -0.2) is 30.9 Å². The molecule has 0 radical (unpaired) electrons. The van der Waals surface area contributed by atoms with E-state index >= 15 is 0 Å². The van der Waals surface area contributed by atoms with Gasteiger partial charge in [0.15, 0.2) is 5.82 Å². The summed E-state index contributed by atoms with van der Waals surface area (Å²) in [6.45, 7) is 1.10. The van der Waals surface area contributed by atoms with Gasteiger partial charge in [0, 0.05) is 30.6 Å². The number of benzene rings is 1. The maximum absolute atomic E-state index is 12.6. The van der Waals surface area contributed by atoms with E-state index in [1.54, 1.807) is 18.5 Å². The number of anilines is 1. The lowest BCUT2D eigenvalue weighted by Crippen LogP contribution is -2.16. The average Bonchev–Trinajstić information content (AvgIpc) is 3.47. The van der Waals surface area contributed by atoms with Gasteiger partial charge in [-0.1, -0.05) is 41.9 Å². The first kappa shape index (κ1) is 21.1. The zero-order chi connectivity index (χ0) is 22.6. The number of ether oxygens (including phenoxy) is 1. The maximum Gasteiger partial charge on any atom is 0.229 e. The molecule has 1 aliphatic rings. The van der Waals surface area contributed by atoms with Crippen LogP contribution in [0, 0.1) is 5.92 Å². The van der Waals surface area contributed by atoms with Crippen molar-refractivity contribution in [2.24, 2.45) is 5.92 Å². The third kappa shape index (κ3) is 5.18. The zero-order valence-electron chi connectivity index (χ0n) is 17.6. The van der Waals surface area contributed by atoms with E-state index in [2.05, 4.69) is 37.7 Å². The van der Waals surface area contributed by atoms with Crippen LogP contribution < -0.4 is 10.1 Å². The minimum absolute atomic E-state index is 0.0786. The van der Waals surface area contributed by atoms with Gasteiger partial charge in [0.05, 0.1) is 12.7 Å². The number of nitrogens with one attached hydrogen (secondary N) is 1. The molecule has 5 rings (SSSR count). The lowest BCUT2D eigenvalue weighted by molar-refractivity contribution is -0.117. The van der Waals surface area contributed by atoms with Crippen LogP contribution in [0.25, 0.3) is 0 Å². The summed E-state index contributed by atoms with van der Waals surface area (Å²) >= 11 is 6.15. The van der Waals surface area contributed by atoms with Gasteiger partial charge in [-0.25, -0.2) is 4.98 Å². The highest BCUT2D eigenvalue weighted by Gasteiger charge is 2.45. The molecule has 4 aromatic rings. The van der Waals surface area contributed by atoms with E-state index in [9.17, 15) is 4.79 Å². The van der Waals surface area contributed by atoms with Crippen molar-refractivity contribution in [3.8, 4) is 5.75 Å². The molecule has 1 aliphatic carbocycles. The fraction of sp³-hybridized carbons (Fsp3) is 0.208. The molecule has 1 fully saturated rings. The van der Waals surface area contributed by atoms with Crippen LogP contribution in [0.3, 0.4) is 0 Å². The number of hydrogen-bond acceptors (Lipinski definition) is 6. The number of nitrogens with zero attached hydrogens (tertiary/aromatic N) is 5. The van der Waals surface area contributed by atoms with Crippen molar-refractivity contribution in [3.05, 3.63) is 95.2 Å². The first-order chi connectivity index (χ1) is 16.2. The molecule has 1 amide bonds. The monoisotopic (exact) mass is 460 g/mol. The van der Waals surface area contributed by atoms with E-state index in [1.165, 1.54) is 6.20 Å². The summed E-state index contributed by atoms with van der Waals surface area (Å²) in [5.74, 6) is 0.700. The Hall–Kier alpha value is -3.78. The van der Waals surface area contributed by atoms with Gasteiger partial charge in [-0.15, -0.1) is 5.10 Å². The highest BCUT2D eigenvalue weighted by atomic mass is 35.5. The first-order valence-corrected chi connectivity index (χ1v) is 11.0. The number of rotatable bonds is 8. The molecular weight excluding hydrogens is 440 g/mol. The van der Waals surface area contributed by atoms with E-state index in [1.807, 2.05) is 41.2 Å². The van der Waals surface area contributed by atoms with Crippen molar-refractivity contribution in [2.45, 2.75) is 25.5 Å². The van der Waals surface area contributed by atoms with Gasteiger partial charge in [-0.05, 0) is 41.2 Å². The van der Waals surface area contributed by atoms with Gasteiger partial charge in [0.1, 0.15) is 17.5 Å². The Bertz CT molecular complexity index is 1250. The van der Waals surface area contributed by atoms with Crippen molar-refractivity contribution in [1.29, 1.82) is 0 Å². The molecule has 0 saturated heterocycles. The number of hydrogen-bond donors (Lipinski definition) is 1. The zero-order valence-corrected chi connectivity index (χ0v) is 18.4. The Balaban J connectivity index is 1.14. The Morgan fingerprint density at radius 1 is 1.15 bits per heavy atom. The van der Waals surface area contributed by atoms with Crippen LogP contribution in [0.2, 0.25) is 5.15 Å². The fourth-order valence-corrected chi connectivity index (χ4v) is 3.96. The highest BCUT2D eigenvalue weighted by Crippen LogP contribution is 2.49. The van der Waals surface area contributed by atoms with Gasteiger partial charge >= 0.3 is 0 Å². The number of amides is 1. The number of carbonyl (C=O) groups is 1. The number of pyridine rings is 1. The van der Waals surface area contributed by atoms with Crippen LogP contribution in [0.1, 0.15) is 29.0 Å². The van der Waals surface area contributed by atoms with Crippen LogP contribution >= 0.6 is 11.6 Å². The maximum atomic E-state index is 12.6. The van der Waals surface area contributed by atoms with Gasteiger partial charge in [-0.3, -0.25) is 9.48 Å². The van der Waals surface area contributed by atoms with Gasteiger partial charge in [-0.2, -0.15) is 10.2 Å². The molecule has 166 valence electrons. The minimum atomic E-state index is -0.154. The normalized spacial score (nSPS) is 16.9. The average molecular weight is 461 g/mol. The Morgan fingerprint density at radius 2 is 2.00 bits per heavy atom. The third-order valence-corrected chi connectivity index (χ3v) is 5.84. The van der Waals surface area contributed by atoms with E-state index in [0.717, 1.165) is 29.7 Å². The lowest BCUT2D eigenvalue weighted by atomic mass is 10.1. The van der Waals surface area contributed by atoms with E-state index in [4.69, 9.17) is 16.3 Å². The van der Waals surface area contributed by atoms with Crippen molar-refractivity contribution in [2.75, 3.05) is 5.32 Å². The largest absolute Gasteiger partial charge is 0.487 e. The topological polar surface area (TPSA) is 94.8 Å². The summed E-state index contributed by atoms with van der Waals surface area (Å²) in [4.78, 5) is 16.7. The minimum Gasteiger partial charge on any atom is -0.487 e. The molecule has 0 spiro atoms. The molecule has 0 unspecified atom stereocenters. The van der Waals surface area contributed by atoms with E-state index in [0.29, 0.717) is 23.3 Å².